The van der Waals surface area contributed by atoms with E-state index in [0.717, 1.165) is 12.4 Å². The maximum absolute atomic E-state index is 12.9. The number of carbonyl (C=O) groups excluding carboxylic acids is 1. The molecule has 1 aromatic carbocycles. The average Bonchev–Trinajstić information content (AvgIpc) is 3.04. The molecule has 0 unspecified atom stereocenters. The van der Waals surface area contributed by atoms with Crippen LogP contribution in [0.3, 0.4) is 0 Å². The lowest BCUT2D eigenvalue weighted by Gasteiger charge is -2.07. The number of carbonyl (C=O) groups is 1. The van der Waals surface area contributed by atoms with Gasteiger partial charge in [0.25, 0.3) is 5.91 Å². The summed E-state index contributed by atoms with van der Waals surface area (Å²) in [7, 11) is 0. The van der Waals surface area contributed by atoms with Gasteiger partial charge < -0.3 is 14.4 Å². The average molecular weight is 440 g/mol. The summed E-state index contributed by atoms with van der Waals surface area (Å²) >= 11 is 12.0. The maximum atomic E-state index is 12.9. The summed E-state index contributed by atoms with van der Waals surface area (Å²) in [4.78, 5) is 20.8. The minimum Gasteiger partial charge on any atom is -0.452 e. The summed E-state index contributed by atoms with van der Waals surface area (Å²) in [6, 6.07) is 3.99. The van der Waals surface area contributed by atoms with Crippen molar-refractivity contribution in [1.29, 1.82) is 0 Å². The number of hydrogen-bond donors (Lipinski definition) is 1. The van der Waals surface area contributed by atoms with E-state index in [2.05, 4.69) is 14.7 Å². The molecule has 3 heterocycles. The van der Waals surface area contributed by atoms with Crippen LogP contribution in [0.25, 0.3) is 21.9 Å². The SMILES string of the molecule is O=C(N=c1c(Cl)cn(O)cc1Cl)c1ccc(OC(F)F)c2oc3ccncc3c12. The first kappa shape index (κ1) is 19.2. The Kier molecular flexibility index (Phi) is 4.85. The van der Waals surface area contributed by atoms with Crippen LogP contribution in [0.15, 0.2) is 52.4 Å². The molecular weight excluding hydrogens is 431 g/mol. The van der Waals surface area contributed by atoms with E-state index in [4.69, 9.17) is 27.6 Å². The molecule has 0 fully saturated rings. The van der Waals surface area contributed by atoms with Crippen molar-refractivity contribution < 1.29 is 27.9 Å². The number of pyridine rings is 2. The van der Waals surface area contributed by atoms with E-state index in [1.807, 2.05) is 0 Å². The van der Waals surface area contributed by atoms with Crippen molar-refractivity contribution in [3.63, 3.8) is 0 Å². The molecule has 29 heavy (non-hydrogen) atoms. The van der Waals surface area contributed by atoms with Crippen molar-refractivity contribution in [2.45, 2.75) is 6.61 Å². The first-order valence-corrected chi connectivity index (χ1v) is 8.70. The van der Waals surface area contributed by atoms with Crippen molar-refractivity contribution in [3.05, 3.63) is 64.0 Å². The fraction of sp³-hybridized carbons (Fsp3) is 0.0556. The lowest BCUT2D eigenvalue weighted by Crippen LogP contribution is -2.12. The summed E-state index contributed by atoms with van der Waals surface area (Å²) < 4.78 is 36.2. The summed E-state index contributed by atoms with van der Waals surface area (Å²) in [5, 5.41) is 9.86. The topological polar surface area (TPSA) is 89.9 Å². The Bertz CT molecular complexity index is 1310. The number of rotatable bonds is 3. The zero-order valence-corrected chi connectivity index (χ0v) is 15.7. The van der Waals surface area contributed by atoms with Gasteiger partial charge in [0.2, 0.25) is 0 Å². The summed E-state index contributed by atoms with van der Waals surface area (Å²) in [6.07, 6.45) is 5.09. The highest BCUT2D eigenvalue weighted by atomic mass is 35.5. The number of amides is 1. The van der Waals surface area contributed by atoms with Gasteiger partial charge in [0, 0.05) is 23.2 Å². The van der Waals surface area contributed by atoms with Crippen LogP contribution in [-0.2, 0) is 0 Å². The molecule has 1 N–H and O–H groups in total. The number of furan rings is 1. The van der Waals surface area contributed by atoms with Crippen molar-refractivity contribution in [2.75, 3.05) is 0 Å². The zero-order valence-electron chi connectivity index (χ0n) is 14.1. The summed E-state index contributed by atoms with van der Waals surface area (Å²) in [6.45, 7) is -3.08. The first-order chi connectivity index (χ1) is 13.8. The minimum absolute atomic E-state index is 0.0428. The van der Waals surface area contributed by atoms with Gasteiger partial charge in [-0.3, -0.25) is 9.78 Å². The largest absolute Gasteiger partial charge is 0.452 e. The smallest absolute Gasteiger partial charge is 0.387 e. The summed E-state index contributed by atoms with van der Waals surface area (Å²) in [5.41, 5.74) is 0.320. The van der Waals surface area contributed by atoms with Crippen LogP contribution in [0.1, 0.15) is 10.4 Å². The Morgan fingerprint density at radius 1 is 1.24 bits per heavy atom. The van der Waals surface area contributed by atoms with Crippen LogP contribution in [0.4, 0.5) is 8.78 Å². The van der Waals surface area contributed by atoms with Gasteiger partial charge in [-0.25, -0.2) is 4.99 Å². The molecule has 0 radical (unpaired) electrons. The number of halogens is 4. The number of benzene rings is 1. The first-order valence-electron chi connectivity index (χ1n) is 7.95. The van der Waals surface area contributed by atoms with Crippen molar-refractivity contribution in [3.8, 4) is 5.75 Å². The fourth-order valence-corrected chi connectivity index (χ4v) is 3.38. The van der Waals surface area contributed by atoms with Gasteiger partial charge in [-0.15, -0.1) is 0 Å². The molecular formula is C18H9Cl2F2N3O4. The Hall–Kier alpha value is -3.17. The molecule has 0 bridgehead atoms. The number of fused-ring (bicyclic) bond motifs is 3. The molecule has 11 heteroatoms. The van der Waals surface area contributed by atoms with Crippen LogP contribution in [-0.4, -0.2) is 27.4 Å². The number of ether oxygens (including phenoxy) is 1. The van der Waals surface area contributed by atoms with E-state index in [0.29, 0.717) is 15.7 Å². The Morgan fingerprint density at radius 2 is 1.97 bits per heavy atom. The molecule has 0 spiro atoms. The number of aromatic nitrogens is 2. The predicted molar refractivity (Wildman–Crippen MR) is 99.7 cm³/mol. The van der Waals surface area contributed by atoms with Crippen LogP contribution < -0.4 is 10.1 Å². The second-order valence-corrected chi connectivity index (χ2v) is 6.58. The minimum atomic E-state index is -3.08. The molecule has 0 aliphatic carbocycles. The molecule has 1 amide bonds. The highest BCUT2D eigenvalue weighted by Crippen LogP contribution is 2.37. The van der Waals surface area contributed by atoms with Gasteiger partial charge in [0.05, 0.1) is 28.0 Å². The Labute approximate surface area is 170 Å². The molecule has 7 nitrogen and oxygen atoms in total. The lowest BCUT2D eigenvalue weighted by atomic mass is 10.1. The van der Waals surface area contributed by atoms with E-state index in [9.17, 15) is 18.8 Å². The van der Waals surface area contributed by atoms with Crippen molar-refractivity contribution >= 4 is 51.0 Å². The second-order valence-electron chi connectivity index (χ2n) is 5.77. The molecule has 0 aliphatic heterocycles. The highest BCUT2D eigenvalue weighted by molar-refractivity contribution is 6.34. The Morgan fingerprint density at radius 3 is 2.66 bits per heavy atom. The molecule has 0 aliphatic rings. The van der Waals surface area contributed by atoms with Gasteiger partial charge in [-0.05, 0) is 18.2 Å². The van der Waals surface area contributed by atoms with Crippen molar-refractivity contribution in [2.24, 2.45) is 4.99 Å². The van der Waals surface area contributed by atoms with E-state index in [-0.39, 0.29) is 37.7 Å². The normalized spacial score (nSPS) is 11.3. The molecule has 148 valence electrons. The van der Waals surface area contributed by atoms with E-state index < -0.39 is 12.5 Å². The second kappa shape index (κ2) is 7.34. The van der Waals surface area contributed by atoms with Crippen LogP contribution in [0.5, 0.6) is 5.75 Å². The third-order valence-corrected chi connectivity index (χ3v) is 4.54. The quantitative estimate of drug-likeness (QED) is 0.468. The number of hydrogen-bond acceptors (Lipinski definition) is 5. The van der Waals surface area contributed by atoms with Gasteiger partial charge in [0.15, 0.2) is 11.3 Å². The maximum Gasteiger partial charge on any atom is 0.387 e. The highest BCUT2D eigenvalue weighted by Gasteiger charge is 2.21. The van der Waals surface area contributed by atoms with Crippen LogP contribution in [0, 0.1) is 0 Å². The Balaban J connectivity index is 1.97. The predicted octanol–water partition coefficient (Wildman–Crippen LogP) is 4.67. The third-order valence-electron chi connectivity index (χ3n) is 3.99. The van der Waals surface area contributed by atoms with E-state index in [1.54, 1.807) is 0 Å². The number of alkyl halides is 2. The third kappa shape index (κ3) is 3.50. The van der Waals surface area contributed by atoms with E-state index in [1.165, 1.54) is 30.6 Å². The van der Waals surface area contributed by atoms with Crippen LogP contribution in [0.2, 0.25) is 10.0 Å². The zero-order chi connectivity index (χ0) is 20.7. The molecule has 0 saturated heterocycles. The molecule has 4 rings (SSSR count). The van der Waals surface area contributed by atoms with Gasteiger partial charge >= 0.3 is 6.61 Å². The monoisotopic (exact) mass is 439 g/mol. The molecule has 0 atom stereocenters. The molecule has 4 aromatic rings. The van der Waals surface area contributed by atoms with Gasteiger partial charge in [0.1, 0.15) is 10.9 Å². The van der Waals surface area contributed by atoms with Crippen molar-refractivity contribution in [1.82, 2.24) is 9.71 Å². The lowest BCUT2D eigenvalue weighted by molar-refractivity contribution is -0.0493. The fourth-order valence-electron chi connectivity index (χ4n) is 2.84. The molecule has 0 saturated carbocycles. The standard InChI is InChI=1S/C18H9Cl2F2N3O4/c19-10-6-25(27)7-11(20)15(10)24-17(26)8-1-2-13(29-18(21)22)16-14(8)9-5-23-4-3-12(9)28-16/h1-7,18,27H. The van der Waals surface area contributed by atoms with Gasteiger partial charge in [-0.1, -0.05) is 23.2 Å². The van der Waals surface area contributed by atoms with Gasteiger partial charge in [-0.2, -0.15) is 13.5 Å². The number of nitrogens with zero attached hydrogens (tertiary/aromatic N) is 3. The van der Waals surface area contributed by atoms with Crippen LogP contribution >= 0.6 is 23.2 Å². The van der Waals surface area contributed by atoms with E-state index >= 15 is 0 Å². The summed E-state index contributed by atoms with van der Waals surface area (Å²) in [5.74, 6) is -0.996. The molecule has 3 aromatic heterocycles.